The summed E-state index contributed by atoms with van der Waals surface area (Å²) in [6, 6.07) is 6.80. The standard InChI is InChI=1S/C61H80N10O9/c1-35-49(46-31-76-34-63-46)50(35)56(72)65-53-55(69-15-8-9-16-69)47-32-78-57(64-47)37-10-13-48-43(26-37)45(29-60(3,4)33-79-59(74)52-38-24-40(25-38)71(66-52)58(53)73)54(70(48)21-23-77-42-14-22-80-61(5,6)28-42)44-27-41(30-62-51(44)36(2)75-7)68-19-17-67(18-20-68)39-11-12-39/h10,13,26-27,30-32,34-36,38-40,42,49-50,52-53,55,66H,8-9,11-12,14-25,28-29,33H2,1-7H3,(H,65,72)/t35-,36-,38?,40?,42+,49-,50+,52-,53-,55+/m0/s1. The molecule has 3 aliphatic carbocycles. The molecule has 19 nitrogen and oxygen atoms in total. The summed E-state index contributed by atoms with van der Waals surface area (Å²) in [5, 5.41) is 5.92. The van der Waals surface area contributed by atoms with Crippen LogP contribution in [0.5, 0.6) is 0 Å². The van der Waals surface area contributed by atoms with Gasteiger partial charge in [-0.05, 0) is 127 Å². The quantitative estimate of drug-likeness (QED) is 0.109. The molecule has 10 heterocycles. The number of ether oxygens (including phenoxy) is 4. The second-order valence-electron chi connectivity index (χ2n) is 25.8. The number of hydrazine groups is 1. The van der Waals surface area contributed by atoms with Crippen molar-refractivity contribution < 1.29 is 42.2 Å². The molecule has 5 saturated heterocycles. The lowest BCUT2D eigenvalue weighted by molar-refractivity contribution is -0.172. The largest absolute Gasteiger partial charge is 0.464 e. The molecule has 8 atom stereocenters. The number of aromatic nitrogens is 4. The summed E-state index contributed by atoms with van der Waals surface area (Å²) in [4.78, 5) is 67.2. The Labute approximate surface area is 468 Å². The molecule has 6 aliphatic heterocycles. The van der Waals surface area contributed by atoms with Crippen LogP contribution in [-0.2, 0) is 46.3 Å². The number of fused-ring (bicyclic) bond motifs is 4. The first-order valence-electron chi connectivity index (χ1n) is 29.7. The number of nitrogens with one attached hydrogen (secondary N) is 2. The molecule has 4 aromatic heterocycles. The summed E-state index contributed by atoms with van der Waals surface area (Å²) in [5.74, 6) is -1.10. The number of cyclic esters (lactones) is 1. The van der Waals surface area contributed by atoms with Crippen molar-refractivity contribution in [3.05, 3.63) is 72.0 Å². The van der Waals surface area contributed by atoms with E-state index in [1.165, 1.54) is 19.2 Å². The maximum absolute atomic E-state index is 15.5. The van der Waals surface area contributed by atoms with Crippen molar-refractivity contribution in [3.63, 3.8) is 0 Å². The SMILES string of the molecule is CO[C@@H](C)c1ncc(N2CCN(C3CC3)CC2)cc1-c1c2c3cc(ccc3n1CCO[C@@H]1CCOC(C)(C)C1)-c1nc(co1)[C@@H](N1CCCC1)[C@H](NC(=O)[C@@H]1[C@@H](C)[C@H]1c1cocn1)C(=O)N1N[C@H](C(=O)OCC(C)(C)C2)C2CC1C2. The third-order valence-corrected chi connectivity index (χ3v) is 19.1. The zero-order valence-electron chi connectivity index (χ0n) is 47.7. The average Bonchev–Trinajstić information content (AvgIpc) is 3.87. The Hall–Kier alpha value is -5.70. The van der Waals surface area contributed by atoms with Gasteiger partial charge in [0.05, 0.1) is 71.7 Å². The van der Waals surface area contributed by atoms with Gasteiger partial charge in [0.1, 0.15) is 24.6 Å². The number of carbonyl (C=O) groups excluding carboxylic acids is 3. The lowest BCUT2D eigenvalue weighted by Gasteiger charge is -2.53. The minimum absolute atomic E-state index is 0.00334. The molecule has 2 amide bonds. The summed E-state index contributed by atoms with van der Waals surface area (Å²) in [7, 11) is 1.74. The number of benzene rings is 1. The summed E-state index contributed by atoms with van der Waals surface area (Å²) in [5.41, 5.74) is 10.6. The van der Waals surface area contributed by atoms with Crippen LogP contribution in [0.15, 0.2) is 58.2 Å². The molecule has 19 heteroatoms. The number of esters is 1. The molecule has 1 aromatic carbocycles. The highest BCUT2D eigenvalue weighted by atomic mass is 16.5. The fourth-order valence-electron chi connectivity index (χ4n) is 14.3. The number of anilines is 1. The number of methoxy groups -OCH3 is 1. The molecular weight excluding hydrogens is 1020 g/mol. The molecule has 14 rings (SSSR count). The summed E-state index contributed by atoms with van der Waals surface area (Å²) in [6.45, 7) is 19.7. The van der Waals surface area contributed by atoms with Crippen LogP contribution < -0.4 is 15.6 Å². The van der Waals surface area contributed by atoms with E-state index in [9.17, 15) is 9.59 Å². The van der Waals surface area contributed by atoms with E-state index in [4.69, 9.17) is 37.7 Å². The Kier molecular flexibility index (Phi) is 14.2. The third kappa shape index (κ3) is 10.3. The maximum Gasteiger partial charge on any atom is 0.325 e. The van der Waals surface area contributed by atoms with Gasteiger partial charge in [-0.25, -0.2) is 15.4 Å². The maximum atomic E-state index is 15.5. The average molecular weight is 1100 g/mol. The van der Waals surface area contributed by atoms with Gasteiger partial charge < -0.3 is 42.6 Å². The molecule has 428 valence electrons. The number of rotatable bonds is 13. The molecular formula is C61H80N10O9. The summed E-state index contributed by atoms with van der Waals surface area (Å²) in [6.07, 6.45) is 14.3. The van der Waals surface area contributed by atoms with Gasteiger partial charge in [-0.1, -0.05) is 20.8 Å². The predicted octanol–water partition coefficient (Wildman–Crippen LogP) is 7.60. The van der Waals surface area contributed by atoms with Crippen LogP contribution in [0.3, 0.4) is 0 Å². The number of carbonyl (C=O) groups is 3. The van der Waals surface area contributed by atoms with Gasteiger partial charge in [-0.15, -0.1) is 0 Å². The molecule has 0 unspecified atom stereocenters. The van der Waals surface area contributed by atoms with E-state index >= 15 is 4.79 Å². The summed E-state index contributed by atoms with van der Waals surface area (Å²) < 4.78 is 39.9. The minimum Gasteiger partial charge on any atom is -0.464 e. The predicted molar refractivity (Wildman–Crippen MR) is 298 cm³/mol. The monoisotopic (exact) mass is 1100 g/mol. The molecule has 0 spiro atoms. The Morgan fingerprint density at radius 1 is 0.950 bits per heavy atom. The smallest absolute Gasteiger partial charge is 0.325 e. The first kappa shape index (κ1) is 53.6. The van der Waals surface area contributed by atoms with Crippen LogP contribution in [0.2, 0.25) is 0 Å². The molecule has 5 aromatic rings. The molecule has 0 radical (unpaired) electrons. The van der Waals surface area contributed by atoms with Gasteiger partial charge in [-0.2, -0.15) is 0 Å². The Bertz CT molecular complexity index is 3090. The fourth-order valence-corrected chi connectivity index (χ4v) is 14.3. The van der Waals surface area contributed by atoms with Crippen molar-refractivity contribution in [1.29, 1.82) is 0 Å². The van der Waals surface area contributed by atoms with Gasteiger partial charge in [0.25, 0.3) is 5.91 Å². The molecule has 8 fully saturated rings. The number of piperazine rings is 1. The van der Waals surface area contributed by atoms with Gasteiger partial charge in [0.15, 0.2) is 6.39 Å². The normalized spacial score (nSPS) is 30.2. The number of amides is 2. The summed E-state index contributed by atoms with van der Waals surface area (Å²) >= 11 is 0. The van der Waals surface area contributed by atoms with E-state index < -0.39 is 35.4 Å². The topological polar surface area (TPSA) is 195 Å². The number of hydrogen-bond donors (Lipinski definition) is 2. The van der Waals surface area contributed by atoms with Crippen molar-refractivity contribution in [3.8, 4) is 22.7 Å². The highest BCUT2D eigenvalue weighted by Gasteiger charge is 2.57. The van der Waals surface area contributed by atoms with Crippen LogP contribution in [0.1, 0.15) is 134 Å². The number of pyridine rings is 1. The van der Waals surface area contributed by atoms with Crippen molar-refractivity contribution >= 4 is 34.4 Å². The van der Waals surface area contributed by atoms with Crippen LogP contribution in [0.25, 0.3) is 33.6 Å². The molecule has 3 saturated carbocycles. The van der Waals surface area contributed by atoms with Gasteiger partial charge >= 0.3 is 5.97 Å². The number of oxazole rings is 2. The van der Waals surface area contributed by atoms with Crippen molar-refractivity contribution in [1.82, 2.24) is 45.1 Å². The number of nitrogens with zero attached hydrogens (tertiary/aromatic N) is 8. The second kappa shape index (κ2) is 21.2. The van der Waals surface area contributed by atoms with Gasteiger partial charge in [0.2, 0.25) is 11.8 Å². The second-order valence-corrected chi connectivity index (χ2v) is 25.8. The fraction of sp³-hybridized carbons (Fsp3) is 0.639. The zero-order valence-corrected chi connectivity index (χ0v) is 47.7. The van der Waals surface area contributed by atoms with Gasteiger partial charge in [0, 0.05) is 104 Å². The van der Waals surface area contributed by atoms with Gasteiger partial charge in [-0.3, -0.25) is 34.2 Å². The number of likely N-dealkylation sites (tertiary alicyclic amines) is 1. The Balaban J connectivity index is 0.946. The third-order valence-electron chi connectivity index (χ3n) is 19.1. The molecule has 8 bridgehead atoms. The first-order valence-corrected chi connectivity index (χ1v) is 29.7. The molecule has 9 aliphatic rings. The lowest BCUT2D eigenvalue weighted by atomic mass is 9.73. The highest BCUT2D eigenvalue weighted by Crippen LogP contribution is 2.54. The van der Waals surface area contributed by atoms with Crippen molar-refractivity contribution in [2.45, 2.75) is 160 Å². The number of hydrogen-bond acceptors (Lipinski definition) is 16. The van der Waals surface area contributed by atoms with Crippen LogP contribution in [-0.4, -0.2) is 154 Å². The van der Waals surface area contributed by atoms with E-state index in [2.05, 4.69) is 93.9 Å². The van der Waals surface area contributed by atoms with E-state index in [-0.39, 0.29) is 60.0 Å². The van der Waals surface area contributed by atoms with Crippen LogP contribution in [0.4, 0.5) is 5.69 Å². The molecule has 2 N–H and O–H groups in total. The van der Waals surface area contributed by atoms with E-state index in [1.807, 2.05) is 13.1 Å². The lowest BCUT2D eigenvalue weighted by Crippen LogP contribution is -2.72. The molecule has 80 heavy (non-hydrogen) atoms. The minimum atomic E-state index is -1.07. The highest BCUT2D eigenvalue weighted by molar-refractivity contribution is 5.95. The van der Waals surface area contributed by atoms with Crippen LogP contribution in [0, 0.1) is 23.2 Å². The van der Waals surface area contributed by atoms with Crippen LogP contribution >= 0.6 is 0 Å². The zero-order chi connectivity index (χ0) is 55.2. The first-order chi connectivity index (χ1) is 38.6. The van der Waals surface area contributed by atoms with E-state index in [0.717, 1.165) is 102 Å². The Morgan fingerprint density at radius 2 is 1.75 bits per heavy atom. The van der Waals surface area contributed by atoms with E-state index in [1.54, 1.807) is 24.6 Å². The van der Waals surface area contributed by atoms with E-state index in [0.29, 0.717) is 69.7 Å². The van der Waals surface area contributed by atoms with Crippen molar-refractivity contribution in [2.75, 3.05) is 71.1 Å². The Morgan fingerprint density at radius 3 is 2.49 bits per heavy atom. The van der Waals surface area contributed by atoms with Crippen molar-refractivity contribution in [2.24, 2.45) is 23.2 Å².